The molecule has 1 saturated carbocycles. The standard InChI is InChI=1S/C22H32N2O3S/c1-16(24-11-13-28-14-12-24)22(18-5-3-2-4-6-18)23-21(27)10-8-17-7-9-19(25)20(26)15-17/h7,9,15,18,22,25-26H,1-6,8,10-14H2,(H,23,27). The van der Waals surface area contributed by atoms with Crippen LogP contribution in [0.5, 0.6) is 11.5 Å². The summed E-state index contributed by atoms with van der Waals surface area (Å²) in [6.07, 6.45) is 6.94. The first kappa shape index (κ1) is 20.9. The minimum absolute atomic E-state index is 0.0177. The van der Waals surface area contributed by atoms with Gasteiger partial charge in [-0.3, -0.25) is 4.79 Å². The molecule has 0 spiro atoms. The monoisotopic (exact) mass is 404 g/mol. The molecular formula is C22H32N2O3S. The molecule has 154 valence electrons. The van der Waals surface area contributed by atoms with Crippen LogP contribution in [-0.4, -0.2) is 51.7 Å². The maximum Gasteiger partial charge on any atom is 0.220 e. The summed E-state index contributed by atoms with van der Waals surface area (Å²) >= 11 is 1.98. The molecule has 0 bridgehead atoms. The number of phenols is 2. The smallest absolute Gasteiger partial charge is 0.220 e. The van der Waals surface area contributed by atoms with Crippen molar-refractivity contribution in [3.05, 3.63) is 36.0 Å². The number of benzene rings is 1. The number of phenolic OH excluding ortho intramolecular Hbond substituents is 2. The highest BCUT2D eigenvalue weighted by Gasteiger charge is 2.30. The number of aromatic hydroxyl groups is 2. The minimum atomic E-state index is -0.144. The molecule has 1 saturated heterocycles. The van der Waals surface area contributed by atoms with E-state index >= 15 is 0 Å². The van der Waals surface area contributed by atoms with E-state index in [1.54, 1.807) is 6.07 Å². The summed E-state index contributed by atoms with van der Waals surface area (Å²) in [5, 5.41) is 22.3. The van der Waals surface area contributed by atoms with E-state index in [0.717, 1.165) is 48.7 Å². The van der Waals surface area contributed by atoms with Gasteiger partial charge in [0, 0.05) is 36.7 Å². The summed E-state index contributed by atoms with van der Waals surface area (Å²) in [5.41, 5.74) is 1.91. The summed E-state index contributed by atoms with van der Waals surface area (Å²) < 4.78 is 0. The number of amides is 1. The summed E-state index contributed by atoms with van der Waals surface area (Å²) in [7, 11) is 0. The van der Waals surface area contributed by atoms with Crippen LogP contribution in [0.1, 0.15) is 44.1 Å². The molecule has 1 atom stereocenters. The number of rotatable bonds is 7. The number of hydrogen-bond donors (Lipinski definition) is 3. The van der Waals surface area contributed by atoms with Gasteiger partial charge in [0.25, 0.3) is 0 Å². The highest BCUT2D eigenvalue weighted by atomic mass is 32.2. The second-order valence-electron chi connectivity index (χ2n) is 7.86. The molecule has 1 aromatic carbocycles. The van der Waals surface area contributed by atoms with Crippen LogP contribution in [0.3, 0.4) is 0 Å². The third kappa shape index (κ3) is 5.60. The highest BCUT2D eigenvalue weighted by molar-refractivity contribution is 7.99. The molecule has 3 N–H and O–H groups in total. The Kier molecular flexibility index (Phi) is 7.54. The van der Waals surface area contributed by atoms with Gasteiger partial charge in [0.1, 0.15) is 0 Å². The zero-order valence-electron chi connectivity index (χ0n) is 16.5. The first-order chi connectivity index (χ1) is 13.5. The second kappa shape index (κ2) is 10.1. The van der Waals surface area contributed by atoms with E-state index in [1.807, 2.05) is 11.8 Å². The normalized spacial score (nSPS) is 19.2. The second-order valence-corrected chi connectivity index (χ2v) is 9.08. The Balaban J connectivity index is 1.61. The van der Waals surface area contributed by atoms with E-state index < -0.39 is 0 Å². The van der Waals surface area contributed by atoms with Gasteiger partial charge < -0.3 is 20.4 Å². The van der Waals surface area contributed by atoms with Crippen LogP contribution in [0.2, 0.25) is 0 Å². The van der Waals surface area contributed by atoms with E-state index in [-0.39, 0.29) is 23.4 Å². The van der Waals surface area contributed by atoms with Gasteiger partial charge in [-0.25, -0.2) is 0 Å². The van der Waals surface area contributed by atoms with Gasteiger partial charge in [-0.1, -0.05) is 31.9 Å². The lowest BCUT2D eigenvalue weighted by Gasteiger charge is -2.39. The Morgan fingerprint density at radius 1 is 1.18 bits per heavy atom. The van der Waals surface area contributed by atoms with Crippen LogP contribution in [0.25, 0.3) is 0 Å². The Morgan fingerprint density at radius 2 is 1.89 bits per heavy atom. The van der Waals surface area contributed by atoms with Crippen molar-refractivity contribution >= 4 is 17.7 Å². The largest absolute Gasteiger partial charge is 0.504 e. The maximum absolute atomic E-state index is 12.7. The third-order valence-electron chi connectivity index (χ3n) is 5.89. The molecule has 5 nitrogen and oxygen atoms in total. The molecule has 6 heteroatoms. The SMILES string of the molecule is C=C(C(NC(=O)CCc1ccc(O)c(O)c1)C1CCCCC1)N1CCSCC1. The molecule has 1 aliphatic heterocycles. The molecule has 0 aromatic heterocycles. The van der Waals surface area contributed by atoms with Crippen LogP contribution in [0, 0.1) is 5.92 Å². The lowest BCUT2D eigenvalue weighted by atomic mass is 9.82. The van der Waals surface area contributed by atoms with Gasteiger partial charge in [0.15, 0.2) is 11.5 Å². The predicted octanol–water partition coefficient (Wildman–Crippen LogP) is 3.66. The van der Waals surface area contributed by atoms with Crippen molar-refractivity contribution in [2.45, 2.75) is 51.0 Å². The number of carbonyl (C=O) groups is 1. The third-order valence-corrected chi connectivity index (χ3v) is 6.84. The Morgan fingerprint density at radius 3 is 2.57 bits per heavy atom. The molecule has 2 aliphatic rings. The van der Waals surface area contributed by atoms with Crippen molar-refractivity contribution in [3.63, 3.8) is 0 Å². The fourth-order valence-electron chi connectivity index (χ4n) is 4.22. The van der Waals surface area contributed by atoms with Crippen molar-refractivity contribution in [2.24, 2.45) is 5.92 Å². The number of aryl methyl sites for hydroxylation is 1. The fourth-order valence-corrected chi connectivity index (χ4v) is 5.12. The molecule has 1 aliphatic carbocycles. The fraction of sp³-hybridized carbons (Fsp3) is 0.591. The van der Waals surface area contributed by atoms with Crippen molar-refractivity contribution in [1.29, 1.82) is 0 Å². The average Bonchev–Trinajstić information content (AvgIpc) is 2.73. The Bertz CT molecular complexity index is 682. The van der Waals surface area contributed by atoms with Crippen molar-refractivity contribution in [1.82, 2.24) is 10.2 Å². The molecule has 0 radical (unpaired) electrons. The van der Waals surface area contributed by atoms with Gasteiger partial charge in [0.2, 0.25) is 5.91 Å². The summed E-state index contributed by atoms with van der Waals surface area (Å²) in [6, 6.07) is 4.74. The van der Waals surface area contributed by atoms with Crippen molar-refractivity contribution in [2.75, 3.05) is 24.6 Å². The number of nitrogens with zero attached hydrogens (tertiary/aromatic N) is 1. The molecule has 1 heterocycles. The minimum Gasteiger partial charge on any atom is -0.504 e. The van der Waals surface area contributed by atoms with E-state index in [1.165, 1.54) is 31.4 Å². The number of hydrogen-bond acceptors (Lipinski definition) is 5. The Hall–Kier alpha value is -1.82. The Labute approximate surface area is 172 Å². The molecule has 28 heavy (non-hydrogen) atoms. The molecule has 1 amide bonds. The molecule has 1 unspecified atom stereocenters. The quantitative estimate of drug-likeness (QED) is 0.605. The van der Waals surface area contributed by atoms with E-state index in [4.69, 9.17) is 0 Å². The number of thioether (sulfide) groups is 1. The first-order valence-electron chi connectivity index (χ1n) is 10.4. The van der Waals surface area contributed by atoms with Crippen molar-refractivity contribution in [3.8, 4) is 11.5 Å². The van der Waals surface area contributed by atoms with Crippen LogP contribution < -0.4 is 5.32 Å². The lowest BCUT2D eigenvalue weighted by molar-refractivity contribution is -0.122. The molecular weight excluding hydrogens is 372 g/mol. The van der Waals surface area contributed by atoms with Gasteiger partial charge in [0.05, 0.1) is 6.04 Å². The summed E-state index contributed by atoms with van der Waals surface area (Å²) in [4.78, 5) is 15.1. The average molecular weight is 405 g/mol. The van der Waals surface area contributed by atoms with Gasteiger partial charge in [-0.15, -0.1) is 0 Å². The maximum atomic E-state index is 12.7. The van der Waals surface area contributed by atoms with E-state index in [9.17, 15) is 15.0 Å². The topological polar surface area (TPSA) is 72.8 Å². The molecule has 1 aromatic rings. The van der Waals surface area contributed by atoms with Crippen LogP contribution in [0.15, 0.2) is 30.5 Å². The summed E-state index contributed by atoms with van der Waals surface area (Å²) in [6.45, 7) is 6.41. The highest BCUT2D eigenvalue weighted by Crippen LogP contribution is 2.31. The van der Waals surface area contributed by atoms with Crippen LogP contribution in [0.4, 0.5) is 0 Å². The van der Waals surface area contributed by atoms with Crippen LogP contribution in [-0.2, 0) is 11.2 Å². The zero-order chi connectivity index (χ0) is 19.9. The van der Waals surface area contributed by atoms with Crippen molar-refractivity contribution < 1.29 is 15.0 Å². The van der Waals surface area contributed by atoms with Gasteiger partial charge in [-0.05, 0) is 42.9 Å². The van der Waals surface area contributed by atoms with Gasteiger partial charge >= 0.3 is 0 Å². The lowest BCUT2D eigenvalue weighted by Crippen LogP contribution is -2.48. The zero-order valence-corrected chi connectivity index (χ0v) is 17.3. The molecule has 2 fully saturated rings. The summed E-state index contributed by atoms with van der Waals surface area (Å²) in [5.74, 6) is 2.45. The molecule has 3 rings (SSSR count). The number of nitrogens with one attached hydrogen (secondary N) is 1. The van der Waals surface area contributed by atoms with Crippen LogP contribution >= 0.6 is 11.8 Å². The first-order valence-corrected chi connectivity index (χ1v) is 11.5. The van der Waals surface area contributed by atoms with E-state index in [2.05, 4.69) is 16.8 Å². The number of carbonyl (C=O) groups excluding carboxylic acids is 1. The predicted molar refractivity (Wildman–Crippen MR) is 115 cm³/mol. The van der Waals surface area contributed by atoms with E-state index in [0.29, 0.717) is 18.8 Å². The van der Waals surface area contributed by atoms with Gasteiger partial charge in [-0.2, -0.15) is 11.8 Å².